The third kappa shape index (κ3) is 10.6. The first-order valence-corrected chi connectivity index (χ1v) is 12.3. The van der Waals surface area contributed by atoms with Crippen molar-refractivity contribution in [3.8, 4) is 5.75 Å². The summed E-state index contributed by atoms with van der Waals surface area (Å²) < 4.78 is 18.8. The molecule has 13 heteroatoms. The average Bonchev–Trinajstić information content (AvgIpc) is 2.87. The molecule has 1 aliphatic rings. The van der Waals surface area contributed by atoms with Crippen molar-refractivity contribution in [2.24, 2.45) is 16.7 Å². The Morgan fingerprint density at radius 3 is 2.53 bits per heavy atom. The van der Waals surface area contributed by atoms with Crippen LogP contribution in [0.2, 0.25) is 0 Å². The van der Waals surface area contributed by atoms with Crippen molar-refractivity contribution in [1.82, 2.24) is 25.7 Å². The number of aryl methyl sites for hydroxylation is 1. The Bertz CT molecular complexity index is 1110. The number of hydrogen-bond acceptors (Lipinski definition) is 9. The lowest BCUT2D eigenvalue weighted by Crippen LogP contribution is -2.34. The highest BCUT2D eigenvalue weighted by Gasteiger charge is 2.14. The molecule has 0 aliphatic heterocycles. The number of nitrogens with zero attached hydrogens (tertiary/aromatic N) is 4. The molecule has 12 nitrogen and oxygen atoms in total. The lowest BCUT2D eigenvalue weighted by atomic mass is 9.95. The van der Waals surface area contributed by atoms with Crippen molar-refractivity contribution >= 4 is 17.6 Å². The molecule has 1 aromatic heterocycles. The number of ether oxygens (including phenoxy) is 1. The maximum atomic E-state index is 13.7. The van der Waals surface area contributed by atoms with Gasteiger partial charge in [0.05, 0.1) is 6.61 Å². The zero-order valence-corrected chi connectivity index (χ0v) is 22.0. The summed E-state index contributed by atoms with van der Waals surface area (Å²) in [6.07, 6.45) is 6.27. The van der Waals surface area contributed by atoms with Crippen LogP contribution in [0.1, 0.15) is 66.6 Å². The molecule has 0 atom stereocenters. The molecule has 0 unspecified atom stereocenters. The van der Waals surface area contributed by atoms with Gasteiger partial charge < -0.3 is 26.2 Å². The van der Waals surface area contributed by atoms with Crippen LogP contribution in [-0.4, -0.2) is 64.1 Å². The molecule has 0 saturated heterocycles. The molecular formula is C25H37FN8O4. The van der Waals surface area contributed by atoms with Crippen LogP contribution in [0.15, 0.2) is 29.4 Å². The number of rotatable bonds is 9. The number of hydrazone groups is 1. The van der Waals surface area contributed by atoms with Crippen molar-refractivity contribution in [1.29, 1.82) is 0 Å². The van der Waals surface area contributed by atoms with E-state index in [-0.39, 0.29) is 48.6 Å². The topological polar surface area (TPSA) is 181 Å². The monoisotopic (exact) mass is 532 g/mol. The molecule has 0 bridgehead atoms. The van der Waals surface area contributed by atoms with Gasteiger partial charge in [-0.25, -0.2) is 25.3 Å². The Morgan fingerprint density at radius 2 is 1.89 bits per heavy atom. The SMILES string of the molecule is CC(=O)NC1CCCCC1.Cc1nc(C(=O)NCc2ccc(F)c(OCCO)c2)cc(/C(N)=N/N(C)N)n1. The molecule has 208 valence electrons. The number of benzene rings is 1. The molecule has 1 heterocycles. The number of nitrogens with two attached hydrogens (primary N) is 2. The number of hydrogen-bond donors (Lipinski definition) is 5. The van der Waals surface area contributed by atoms with Crippen molar-refractivity contribution in [3.05, 3.63) is 52.9 Å². The molecule has 7 N–H and O–H groups in total. The Labute approximate surface area is 221 Å². The minimum atomic E-state index is -0.556. The number of halogens is 1. The summed E-state index contributed by atoms with van der Waals surface area (Å²) in [5.41, 5.74) is 6.78. The number of amidine groups is 1. The summed E-state index contributed by atoms with van der Waals surface area (Å²) in [6, 6.07) is 6.06. The van der Waals surface area contributed by atoms with E-state index in [1.54, 1.807) is 13.8 Å². The van der Waals surface area contributed by atoms with E-state index >= 15 is 0 Å². The van der Waals surface area contributed by atoms with Gasteiger partial charge in [0.25, 0.3) is 5.91 Å². The third-order valence-corrected chi connectivity index (χ3v) is 5.41. The highest BCUT2D eigenvalue weighted by Crippen LogP contribution is 2.19. The summed E-state index contributed by atoms with van der Waals surface area (Å²) in [4.78, 5) is 31.3. The molecule has 3 rings (SSSR count). The maximum Gasteiger partial charge on any atom is 0.270 e. The van der Waals surface area contributed by atoms with Gasteiger partial charge in [0.1, 0.15) is 23.8 Å². The first-order valence-electron chi connectivity index (χ1n) is 12.3. The molecule has 1 aromatic carbocycles. The number of aliphatic hydroxyl groups excluding tert-OH is 1. The highest BCUT2D eigenvalue weighted by molar-refractivity contribution is 5.99. The van der Waals surface area contributed by atoms with E-state index in [2.05, 4.69) is 25.7 Å². The van der Waals surface area contributed by atoms with Gasteiger partial charge >= 0.3 is 0 Å². The molecule has 2 aromatic rings. The van der Waals surface area contributed by atoms with Crippen molar-refractivity contribution < 1.29 is 23.8 Å². The zero-order chi connectivity index (χ0) is 28.1. The van der Waals surface area contributed by atoms with Crippen molar-refractivity contribution in [2.75, 3.05) is 20.3 Å². The number of hydrazine groups is 1. The summed E-state index contributed by atoms with van der Waals surface area (Å²) in [5, 5.41) is 19.3. The van der Waals surface area contributed by atoms with E-state index < -0.39 is 11.7 Å². The van der Waals surface area contributed by atoms with Crippen LogP contribution in [0.25, 0.3) is 0 Å². The second-order valence-electron chi connectivity index (χ2n) is 8.80. The third-order valence-electron chi connectivity index (χ3n) is 5.41. The lowest BCUT2D eigenvalue weighted by Gasteiger charge is -2.21. The molecule has 1 saturated carbocycles. The van der Waals surface area contributed by atoms with Gasteiger partial charge in [-0.15, -0.1) is 5.10 Å². The van der Waals surface area contributed by atoms with E-state index in [0.29, 0.717) is 17.4 Å². The Morgan fingerprint density at radius 1 is 1.21 bits per heavy atom. The second-order valence-corrected chi connectivity index (χ2v) is 8.80. The summed E-state index contributed by atoms with van der Waals surface area (Å²) >= 11 is 0. The Hall–Kier alpha value is -3.84. The number of aliphatic hydroxyl groups is 1. The van der Waals surface area contributed by atoms with Crippen molar-refractivity contribution in [2.45, 2.75) is 58.5 Å². The van der Waals surface area contributed by atoms with Gasteiger partial charge in [-0.1, -0.05) is 25.3 Å². The number of amides is 2. The normalized spacial score (nSPS) is 13.7. The van der Waals surface area contributed by atoms with E-state index in [9.17, 15) is 14.0 Å². The van der Waals surface area contributed by atoms with Crippen LogP contribution in [0, 0.1) is 12.7 Å². The number of nitrogens with one attached hydrogen (secondary N) is 2. The molecule has 1 fully saturated rings. The standard InChI is InChI=1S/C17H22FN7O3.C8H15NO/c1-10-22-13(16(19)24-25(2)20)8-14(23-10)17(27)21-9-11-3-4-12(18)15(7-11)28-6-5-26;1-7(10)9-8-5-3-2-4-6-8/h3-4,7-8,26H,5-6,9,20H2,1-2H3,(H2,19,24)(H,21,27);8H,2-6H2,1H3,(H,9,10). The molecule has 38 heavy (non-hydrogen) atoms. The van der Waals surface area contributed by atoms with Gasteiger partial charge in [-0.2, -0.15) is 0 Å². The van der Waals surface area contributed by atoms with Crippen LogP contribution >= 0.6 is 0 Å². The molecule has 0 spiro atoms. The molecule has 2 amide bonds. The zero-order valence-electron chi connectivity index (χ0n) is 22.0. The molecule has 0 radical (unpaired) electrons. The summed E-state index contributed by atoms with van der Waals surface area (Å²) in [6.45, 7) is 3.06. The first-order chi connectivity index (χ1) is 18.1. The lowest BCUT2D eigenvalue weighted by molar-refractivity contribution is -0.119. The Kier molecular flexibility index (Phi) is 12.3. The van der Waals surface area contributed by atoms with E-state index in [0.717, 1.165) is 5.12 Å². The number of carbonyl (C=O) groups excluding carboxylic acids is 2. The summed E-state index contributed by atoms with van der Waals surface area (Å²) in [5.74, 6) is 4.88. The van der Waals surface area contributed by atoms with Crippen LogP contribution in [0.5, 0.6) is 5.75 Å². The quantitative estimate of drug-likeness (QED) is 0.137. The number of aromatic nitrogens is 2. The molecule has 1 aliphatic carbocycles. The van der Waals surface area contributed by atoms with E-state index in [4.69, 9.17) is 21.4 Å². The minimum absolute atomic E-state index is 0.00384. The first kappa shape index (κ1) is 30.4. The van der Waals surface area contributed by atoms with Crippen LogP contribution < -0.4 is 26.9 Å². The fourth-order valence-corrected chi connectivity index (χ4v) is 3.77. The minimum Gasteiger partial charge on any atom is -0.488 e. The van der Waals surface area contributed by atoms with Crippen molar-refractivity contribution in [3.63, 3.8) is 0 Å². The largest absolute Gasteiger partial charge is 0.488 e. The van der Waals surface area contributed by atoms with Crippen LogP contribution in [-0.2, 0) is 11.3 Å². The predicted octanol–water partition coefficient (Wildman–Crippen LogP) is 1.11. The fourth-order valence-electron chi connectivity index (χ4n) is 3.77. The van der Waals surface area contributed by atoms with Gasteiger partial charge in [-0.05, 0) is 43.5 Å². The van der Waals surface area contributed by atoms with E-state index in [1.165, 1.54) is 63.4 Å². The molecular weight excluding hydrogens is 495 g/mol. The smallest absolute Gasteiger partial charge is 0.270 e. The predicted molar refractivity (Wildman–Crippen MR) is 140 cm³/mol. The fraction of sp³-hybridized carbons (Fsp3) is 0.480. The number of carbonyl (C=O) groups is 2. The maximum absolute atomic E-state index is 13.7. The van der Waals surface area contributed by atoms with Gasteiger partial charge in [0, 0.05) is 26.6 Å². The average molecular weight is 533 g/mol. The van der Waals surface area contributed by atoms with Gasteiger partial charge in [0.15, 0.2) is 17.4 Å². The van der Waals surface area contributed by atoms with E-state index in [1.807, 2.05) is 0 Å². The van der Waals surface area contributed by atoms with Crippen LogP contribution in [0.3, 0.4) is 0 Å². The van der Waals surface area contributed by atoms with Gasteiger partial charge in [0.2, 0.25) is 5.91 Å². The van der Waals surface area contributed by atoms with Gasteiger partial charge in [-0.3, -0.25) is 9.59 Å². The summed E-state index contributed by atoms with van der Waals surface area (Å²) in [7, 11) is 1.50. The second kappa shape index (κ2) is 15.4. The Balaban J connectivity index is 0.000000423. The van der Waals surface area contributed by atoms with Crippen LogP contribution in [0.4, 0.5) is 4.39 Å². The highest BCUT2D eigenvalue weighted by atomic mass is 19.1.